The molecule has 0 N–H and O–H groups in total. The van der Waals surface area contributed by atoms with Crippen molar-refractivity contribution in [3.8, 4) is 0 Å². The van der Waals surface area contributed by atoms with Crippen LogP contribution in [-0.2, 0) is 0 Å². The smallest absolute Gasteiger partial charge is 0.00836 e. The third-order valence-electron chi connectivity index (χ3n) is 3.04. The lowest BCUT2D eigenvalue weighted by atomic mass is 9.88. The van der Waals surface area contributed by atoms with Crippen molar-refractivity contribution in [1.82, 2.24) is 0 Å². The standard InChI is InChI=1S/C16H18/c1-2-16(15-12-8-5-9-13-15)14-10-6-3-4-7-11-14/h3-6,8-13,16H,2,7H2,1H3. The van der Waals surface area contributed by atoms with Crippen molar-refractivity contribution in [3.05, 3.63) is 71.8 Å². The molecule has 2 rings (SSSR count). The SMILES string of the molecule is CCC(C1=CCC=CC=C1)c1ccccc1. The summed E-state index contributed by atoms with van der Waals surface area (Å²) in [4.78, 5) is 0. The molecule has 16 heavy (non-hydrogen) atoms. The van der Waals surface area contributed by atoms with Gasteiger partial charge in [-0.15, -0.1) is 0 Å². The van der Waals surface area contributed by atoms with Gasteiger partial charge in [0.15, 0.2) is 0 Å². The van der Waals surface area contributed by atoms with Gasteiger partial charge in [0.2, 0.25) is 0 Å². The second-order valence-corrected chi connectivity index (χ2v) is 4.10. The van der Waals surface area contributed by atoms with E-state index >= 15 is 0 Å². The van der Waals surface area contributed by atoms with Crippen molar-refractivity contribution in [1.29, 1.82) is 0 Å². The predicted octanol–water partition coefficient (Wildman–Crippen LogP) is 4.62. The Kier molecular flexibility index (Phi) is 3.76. The molecule has 82 valence electrons. The molecule has 1 aliphatic carbocycles. The Balaban J connectivity index is 2.26. The number of benzene rings is 1. The van der Waals surface area contributed by atoms with Crippen molar-refractivity contribution in [2.75, 3.05) is 0 Å². The molecule has 0 amide bonds. The van der Waals surface area contributed by atoms with E-state index in [1.807, 2.05) is 0 Å². The molecule has 0 heterocycles. The van der Waals surface area contributed by atoms with Crippen LogP contribution in [0.25, 0.3) is 0 Å². The molecule has 1 aromatic carbocycles. The second-order valence-electron chi connectivity index (χ2n) is 4.10. The summed E-state index contributed by atoms with van der Waals surface area (Å²) in [6, 6.07) is 10.8. The van der Waals surface area contributed by atoms with Crippen LogP contribution < -0.4 is 0 Å². The minimum Gasteiger partial charge on any atom is -0.0807 e. The lowest BCUT2D eigenvalue weighted by Gasteiger charge is -2.16. The fraction of sp³-hybridized carbons (Fsp3) is 0.250. The van der Waals surface area contributed by atoms with E-state index in [0.29, 0.717) is 5.92 Å². The molecule has 0 aliphatic heterocycles. The Morgan fingerprint density at radius 3 is 2.69 bits per heavy atom. The molecule has 1 unspecified atom stereocenters. The van der Waals surface area contributed by atoms with Gasteiger partial charge in [-0.2, -0.15) is 0 Å². The largest absolute Gasteiger partial charge is 0.0807 e. The van der Waals surface area contributed by atoms with Crippen LogP contribution in [0.3, 0.4) is 0 Å². The van der Waals surface area contributed by atoms with Crippen molar-refractivity contribution in [3.63, 3.8) is 0 Å². The molecule has 0 heteroatoms. The highest BCUT2D eigenvalue weighted by Gasteiger charge is 2.12. The van der Waals surface area contributed by atoms with Gasteiger partial charge in [0.05, 0.1) is 0 Å². The fourth-order valence-electron chi connectivity index (χ4n) is 2.20. The summed E-state index contributed by atoms with van der Waals surface area (Å²) in [5.41, 5.74) is 2.86. The first-order valence-electron chi connectivity index (χ1n) is 6.00. The monoisotopic (exact) mass is 210 g/mol. The Bertz CT molecular complexity index is 407. The second kappa shape index (κ2) is 5.50. The van der Waals surface area contributed by atoms with E-state index in [1.54, 1.807) is 0 Å². The van der Waals surface area contributed by atoms with Gasteiger partial charge in [-0.3, -0.25) is 0 Å². The Morgan fingerprint density at radius 1 is 1.12 bits per heavy atom. The number of rotatable bonds is 3. The zero-order chi connectivity index (χ0) is 11.2. The highest BCUT2D eigenvalue weighted by molar-refractivity contribution is 5.37. The maximum absolute atomic E-state index is 2.33. The lowest BCUT2D eigenvalue weighted by molar-refractivity contribution is 0.773. The summed E-state index contributed by atoms with van der Waals surface area (Å²) >= 11 is 0. The minimum absolute atomic E-state index is 0.539. The van der Waals surface area contributed by atoms with E-state index in [1.165, 1.54) is 11.1 Å². The highest BCUT2D eigenvalue weighted by atomic mass is 14.2. The Labute approximate surface area is 98.0 Å². The van der Waals surface area contributed by atoms with Crippen LogP contribution >= 0.6 is 0 Å². The topological polar surface area (TPSA) is 0 Å². The van der Waals surface area contributed by atoms with Crippen LogP contribution in [0, 0.1) is 0 Å². The van der Waals surface area contributed by atoms with Gasteiger partial charge in [-0.25, -0.2) is 0 Å². The fourth-order valence-corrected chi connectivity index (χ4v) is 2.20. The Hall–Kier alpha value is -1.56. The van der Waals surface area contributed by atoms with Crippen molar-refractivity contribution < 1.29 is 0 Å². The first-order valence-corrected chi connectivity index (χ1v) is 6.00. The molecular formula is C16H18. The summed E-state index contributed by atoms with van der Waals surface area (Å²) in [7, 11) is 0. The summed E-state index contributed by atoms with van der Waals surface area (Å²) in [6.07, 6.45) is 13.2. The molecular weight excluding hydrogens is 192 g/mol. The minimum atomic E-state index is 0.539. The van der Waals surface area contributed by atoms with Gasteiger partial charge in [-0.1, -0.05) is 67.6 Å². The van der Waals surface area contributed by atoms with Crippen LogP contribution in [0.1, 0.15) is 31.2 Å². The van der Waals surface area contributed by atoms with E-state index in [-0.39, 0.29) is 0 Å². The zero-order valence-electron chi connectivity index (χ0n) is 9.77. The van der Waals surface area contributed by atoms with E-state index in [9.17, 15) is 0 Å². The van der Waals surface area contributed by atoms with Crippen LogP contribution in [0.15, 0.2) is 66.3 Å². The van der Waals surface area contributed by atoms with Crippen LogP contribution in [-0.4, -0.2) is 0 Å². The maximum atomic E-state index is 2.33. The zero-order valence-corrected chi connectivity index (χ0v) is 9.77. The summed E-state index contributed by atoms with van der Waals surface area (Å²) < 4.78 is 0. The van der Waals surface area contributed by atoms with Crippen molar-refractivity contribution >= 4 is 0 Å². The molecule has 0 saturated heterocycles. The normalized spacial score (nSPS) is 16.7. The van der Waals surface area contributed by atoms with Gasteiger partial charge in [0.1, 0.15) is 0 Å². The van der Waals surface area contributed by atoms with E-state index in [0.717, 1.165) is 12.8 Å². The van der Waals surface area contributed by atoms with Crippen LogP contribution in [0.2, 0.25) is 0 Å². The number of hydrogen-bond acceptors (Lipinski definition) is 0. The first-order chi connectivity index (χ1) is 7.92. The van der Waals surface area contributed by atoms with E-state index in [2.05, 4.69) is 67.6 Å². The quantitative estimate of drug-likeness (QED) is 0.682. The summed E-state index contributed by atoms with van der Waals surface area (Å²) in [6.45, 7) is 2.25. The van der Waals surface area contributed by atoms with Crippen LogP contribution in [0.4, 0.5) is 0 Å². The molecule has 0 aromatic heterocycles. The number of allylic oxidation sites excluding steroid dienone is 6. The lowest BCUT2D eigenvalue weighted by Crippen LogP contribution is -1.99. The van der Waals surface area contributed by atoms with Crippen molar-refractivity contribution in [2.24, 2.45) is 0 Å². The molecule has 0 spiro atoms. The van der Waals surface area contributed by atoms with Gasteiger partial charge in [0, 0.05) is 5.92 Å². The van der Waals surface area contributed by atoms with Gasteiger partial charge in [-0.05, 0) is 24.0 Å². The average molecular weight is 210 g/mol. The predicted molar refractivity (Wildman–Crippen MR) is 70.5 cm³/mol. The molecule has 0 fully saturated rings. The maximum Gasteiger partial charge on any atom is 0.00836 e. The van der Waals surface area contributed by atoms with E-state index < -0.39 is 0 Å². The Morgan fingerprint density at radius 2 is 1.94 bits per heavy atom. The molecule has 0 radical (unpaired) electrons. The van der Waals surface area contributed by atoms with Gasteiger partial charge < -0.3 is 0 Å². The average Bonchev–Trinajstić information content (AvgIpc) is 2.61. The van der Waals surface area contributed by atoms with Gasteiger partial charge in [0.25, 0.3) is 0 Å². The summed E-state index contributed by atoms with van der Waals surface area (Å²) in [5, 5.41) is 0. The molecule has 1 atom stereocenters. The van der Waals surface area contributed by atoms with Crippen molar-refractivity contribution in [2.45, 2.75) is 25.7 Å². The molecule has 1 aliphatic rings. The molecule has 1 aromatic rings. The molecule has 0 bridgehead atoms. The molecule has 0 nitrogen and oxygen atoms in total. The third kappa shape index (κ3) is 2.52. The van der Waals surface area contributed by atoms with Crippen LogP contribution in [0.5, 0.6) is 0 Å². The third-order valence-corrected chi connectivity index (χ3v) is 3.04. The summed E-state index contributed by atoms with van der Waals surface area (Å²) in [5.74, 6) is 0.539. The first kappa shape index (κ1) is 10.9. The molecule has 0 saturated carbocycles. The van der Waals surface area contributed by atoms with Gasteiger partial charge >= 0.3 is 0 Å². The highest BCUT2D eigenvalue weighted by Crippen LogP contribution is 2.29. The number of hydrogen-bond donors (Lipinski definition) is 0. The van der Waals surface area contributed by atoms with E-state index in [4.69, 9.17) is 0 Å².